The Balaban J connectivity index is 0. The van der Waals surface area contributed by atoms with Crippen molar-refractivity contribution in [2.24, 2.45) is 0 Å². The van der Waals surface area contributed by atoms with Gasteiger partial charge in [0.25, 0.3) is 11.0 Å². The van der Waals surface area contributed by atoms with Gasteiger partial charge in [-0.2, -0.15) is 5.26 Å². The number of rotatable bonds is 0. The number of allylic oxidation sites excluding steroid dienone is 1. The van der Waals surface area contributed by atoms with Gasteiger partial charge in [0, 0.05) is 6.08 Å². The van der Waals surface area contributed by atoms with E-state index in [0.29, 0.717) is 0 Å². The summed E-state index contributed by atoms with van der Waals surface area (Å²) in [5, 5.41) is 7.51. The van der Waals surface area contributed by atoms with Crippen molar-refractivity contribution in [1.82, 2.24) is 0 Å². The van der Waals surface area contributed by atoms with Gasteiger partial charge in [-0.25, -0.2) is 8.42 Å². The molecule has 0 saturated heterocycles. The first-order chi connectivity index (χ1) is 3.65. The van der Waals surface area contributed by atoms with E-state index >= 15 is 0 Å². The average Bonchev–Trinajstić information content (AvgIpc) is 1.65. The molecular weight excluding hydrogens is 130 g/mol. The van der Waals surface area contributed by atoms with Crippen molar-refractivity contribution < 1.29 is 13.0 Å². The predicted molar refractivity (Wildman–Crippen MR) is 28.8 cm³/mol. The van der Waals surface area contributed by atoms with Gasteiger partial charge in [0.05, 0.1) is 6.07 Å². The molecule has 0 aromatic heterocycles. The third kappa shape index (κ3) is 4490. The fourth-order valence-corrected chi connectivity index (χ4v) is 0. The van der Waals surface area contributed by atoms with Crippen LogP contribution in [0.15, 0.2) is 12.7 Å². The summed E-state index contributed by atoms with van der Waals surface area (Å²) in [4.78, 5) is 0. The first-order valence-electron chi connectivity index (χ1n) is 1.49. The summed E-state index contributed by atoms with van der Waals surface area (Å²) in [6, 6.07) is 1.69. The number of nitrogens with zero attached hydrogens (tertiary/aromatic N) is 1. The maximum Gasteiger partial charge on any atom is 0.254 e. The van der Waals surface area contributed by atoms with E-state index in [1.165, 1.54) is 6.08 Å². The van der Waals surface area contributed by atoms with Crippen molar-refractivity contribution in [3.05, 3.63) is 12.7 Å². The molecule has 0 rings (SSSR count). The van der Waals surface area contributed by atoms with Crippen LogP contribution in [0.5, 0.6) is 0 Å². The normalized spacial score (nSPS) is 6.12. The summed E-state index contributed by atoms with van der Waals surface area (Å²) in [6.07, 6.45) is 1.18. The van der Waals surface area contributed by atoms with E-state index in [2.05, 4.69) is 6.58 Å². The molecule has 0 amide bonds. The number of thiol groups is 1. The topological polar surface area (TPSA) is 78.2 Å². The van der Waals surface area contributed by atoms with Crippen LogP contribution in [0.4, 0.5) is 0 Å². The van der Waals surface area contributed by atoms with Crippen LogP contribution in [0.1, 0.15) is 0 Å². The molecule has 0 fully saturated rings. The standard InChI is InChI=1S/C3H3N.H2O3S/c1-2-3-4;1-4(2)3/h2H,1H2;4H,(H,1,2,3). The zero-order valence-corrected chi connectivity index (χ0v) is 4.84. The molecule has 0 aromatic carbocycles. The molecule has 0 unspecified atom stereocenters. The number of nitriles is 1. The zero-order valence-electron chi connectivity index (χ0n) is 3.94. The lowest BCUT2D eigenvalue weighted by molar-refractivity contribution is 0.509. The van der Waals surface area contributed by atoms with E-state index in [4.69, 9.17) is 18.2 Å². The molecule has 1 N–H and O–H groups in total. The molecule has 0 aliphatic rings. The second kappa shape index (κ2) is 9.46. The van der Waals surface area contributed by atoms with Crippen LogP contribution in [-0.4, -0.2) is 13.0 Å². The molecule has 0 atom stereocenters. The summed E-state index contributed by atoms with van der Waals surface area (Å²) >= 11 is 0. The largest absolute Gasteiger partial charge is 0.288 e. The molecule has 0 aliphatic carbocycles. The molecule has 0 bridgehead atoms. The van der Waals surface area contributed by atoms with Crippen LogP contribution in [0.3, 0.4) is 0 Å². The second-order valence-corrected chi connectivity index (χ2v) is 1.05. The first-order valence-corrected chi connectivity index (χ1v) is 2.62. The van der Waals surface area contributed by atoms with E-state index in [-0.39, 0.29) is 0 Å². The fourth-order valence-electron chi connectivity index (χ4n) is 0. The lowest BCUT2D eigenvalue weighted by atomic mass is 10.8. The smallest absolute Gasteiger partial charge is 0.254 e. The summed E-state index contributed by atoms with van der Waals surface area (Å²) in [7, 11) is -3.12. The van der Waals surface area contributed by atoms with Crippen molar-refractivity contribution >= 4 is 11.0 Å². The summed E-state index contributed by atoms with van der Waals surface area (Å²) in [5.74, 6) is 0. The molecule has 0 saturated carbocycles. The molecule has 8 heavy (non-hydrogen) atoms. The van der Waals surface area contributed by atoms with Gasteiger partial charge in [-0.15, -0.1) is 0 Å². The van der Waals surface area contributed by atoms with Gasteiger partial charge in [-0.3, -0.25) is 4.55 Å². The summed E-state index contributed by atoms with van der Waals surface area (Å²) in [5.41, 5.74) is 0. The van der Waals surface area contributed by atoms with Crippen LogP contribution in [0, 0.1) is 11.3 Å². The summed E-state index contributed by atoms with van der Waals surface area (Å²) < 4.78 is 24.2. The Morgan fingerprint density at radius 1 is 1.75 bits per heavy atom. The third-order valence-electron chi connectivity index (χ3n) is 0.0913. The van der Waals surface area contributed by atoms with Gasteiger partial charge < -0.3 is 0 Å². The SMILES string of the molecule is C=CC#N.O=[SH](=O)O. The van der Waals surface area contributed by atoms with Crippen LogP contribution >= 0.6 is 0 Å². The van der Waals surface area contributed by atoms with Crippen LogP contribution in [0.25, 0.3) is 0 Å². The molecule has 4 nitrogen and oxygen atoms in total. The van der Waals surface area contributed by atoms with Gasteiger partial charge in [-0.05, 0) is 0 Å². The Morgan fingerprint density at radius 3 is 1.88 bits per heavy atom. The van der Waals surface area contributed by atoms with Crippen molar-refractivity contribution in [3.8, 4) is 6.07 Å². The summed E-state index contributed by atoms with van der Waals surface area (Å²) in [6.45, 7) is 3.12. The molecule has 0 heterocycles. The fraction of sp³-hybridized carbons (Fsp3) is 0. The average molecular weight is 135 g/mol. The number of hydrogen-bond donors (Lipinski definition) is 2. The van der Waals surface area contributed by atoms with Gasteiger partial charge in [0.1, 0.15) is 0 Å². The monoisotopic (exact) mass is 135 g/mol. The van der Waals surface area contributed by atoms with E-state index in [9.17, 15) is 0 Å². The molecule has 46 valence electrons. The van der Waals surface area contributed by atoms with E-state index in [0.717, 1.165) is 0 Å². The second-order valence-electron chi connectivity index (χ2n) is 0.571. The molecule has 5 heteroatoms. The third-order valence-corrected chi connectivity index (χ3v) is 0.0913. The lowest BCUT2D eigenvalue weighted by Crippen LogP contribution is -1.58. The Labute approximate surface area is 48.8 Å². The van der Waals surface area contributed by atoms with E-state index in [1.54, 1.807) is 6.07 Å². The zero-order chi connectivity index (χ0) is 6.99. The van der Waals surface area contributed by atoms with E-state index < -0.39 is 11.0 Å². The number of hydrogen-bond acceptors (Lipinski definition) is 3. The minimum absolute atomic E-state index is 1.18. The van der Waals surface area contributed by atoms with Gasteiger partial charge in [-0.1, -0.05) is 6.58 Å². The highest BCUT2D eigenvalue weighted by atomic mass is 32.2. The molecule has 0 radical (unpaired) electrons. The highest BCUT2D eigenvalue weighted by molar-refractivity contribution is 7.66. The maximum atomic E-state index is 8.59. The van der Waals surface area contributed by atoms with Crippen molar-refractivity contribution in [2.75, 3.05) is 0 Å². The van der Waals surface area contributed by atoms with E-state index in [1.807, 2.05) is 0 Å². The van der Waals surface area contributed by atoms with Crippen LogP contribution in [-0.2, 0) is 11.0 Å². The lowest BCUT2D eigenvalue weighted by Gasteiger charge is -1.43. The van der Waals surface area contributed by atoms with Crippen molar-refractivity contribution in [1.29, 1.82) is 5.26 Å². The molecular formula is C3H5NO3S. The van der Waals surface area contributed by atoms with Gasteiger partial charge in [0.2, 0.25) is 0 Å². The predicted octanol–water partition coefficient (Wildman–Crippen LogP) is -0.233. The quantitative estimate of drug-likeness (QED) is 0.273. The first kappa shape index (κ1) is 10.2. The molecule has 0 spiro atoms. The Kier molecular flexibility index (Phi) is 12.1. The highest BCUT2D eigenvalue weighted by Gasteiger charge is 1.44. The van der Waals surface area contributed by atoms with Gasteiger partial charge >= 0.3 is 0 Å². The van der Waals surface area contributed by atoms with Crippen molar-refractivity contribution in [2.45, 2.75) is 0 Å². The Morgan fingerprint density at radius 2 is 1.88 bits per heavy atom. The van der Waals surface area contributed by atoms with Crippen LogP contribution in [0.2, 0.25) is 0 Å². The Bertz CT molecular complexity index is 146. The maximum absolute atomic E-state index is 8.59. The van der Waals surface area contributed by atoms with Crippen LogP contribution < -0.4 is 0 Å². The molecule has 0 aliphatic heterocycles. The van der Waals surface area contributed by atoms with Crippen molar-refractivity contribution in [3.63, 3.8) is 0 Å². The minimum atomic E-state index is -3.12. The minimum Gasteiger partial charge on any atom is -0.288 e. The molecule has 0 aromatic rings. The van der Waals surface area contributed by atoms with Gasteiger partial charge in [0.15, 0.2) is 0 Å². The highest BCUT2D eigenvalue weighted by Crippen LogP contribution is 1.41. The Hall–Kier alpha value is -0.860.